The van der Waals surface area contributed by atoms with E-state index in [-0.39, 0.29) is 11.4 Å². The molecule has 1 aliphatic carbocycles. The van der Waals surface area contributed by atoms with Crippen molar-refractivity contribution < 1.29 is 9.53 Å². The average Bonchev–Trinajstić information content (AvgIpc) is 2.50. The number of Topliss-reactive ketones (excluding diaryl/α,β-unsaturated/α-hetero) is 1. The lowest BCUT2D eigenvalue weighted by Gasteiger charge is -2.19. The van der Waals surface area contributed by atoms with Gasteiger partial charge in [0, 0.05) is 17.9 Å². The SMILES string of the molecule is C=CC1=C2C(COC2(C)C)CC1=O. The van der Waals surface area contributed by atoms with Gasteiger partial charge in [-0.3, -0.25) is 4.79 Å². The molecule has 0 aromatic heterocycles. The molecule has 0 aromatic rings. The van der Waals surface area contributed by atoms with Crippen molar-refractivity contribution in [2.45, 2.75) is 25.9 Å². The van der Waals surface area contributed by atoms with Gasteiger partial charge in [0.15, 0.2) is 5.78 Å². The zero-order valence-corrected chi connectivity index (χ0v) is 8.09. The summed E-state index contributed by atoms with van der Waals surface area (Å²) in [5.74, 6) is 0.543. The summed E-state index contributed by atoms with van der Waals surface area (Å²) in [6, 6.07) is 0. The minimum Gasteiger partial charge on any atom is -0.371 e. The van der Waals surface area contributed by atoms with Gasteiger partial charge in [-0.15, -0.1) is 0 Å². The summed E-state index contributed by atoms with van der Waals surface area (Å²) in [5, 5.41) is 0. The van der Waals surface area contributed by atoms with Gasteiger partial charge in [-0.05, 0) is 19.4 Å². The average molecular weight is 178 g/mol. The van der Waals surface area contributed by atoms with Gasteiger partial charge in [-0.2, -0.15) is 0 Å². The summed E-state index contributed by atoms with van der Waals surface area (Å²) in [7, 11) is 0. The van der Waals surface area contributed by atoms with E-state index in [0.717, 1.165) is 11.1 Å². The van der Waals surface area contributed by atoms with Crippen LogP contribution in [0, 0.1) is 5.92 Å². The van der Waals surface area contributed by atoms with E-state index in [2.05, 4.69) is 6.58 Å². The highest BCUT2D eigenvalue weighted by molar-refractivity contribution is 6.02. The van der Waals surface area contributed by atoms with Crippen molar-refractivity contribution in [1.29, 1.82) is 0 Å². The van der Waals surface area contributed by atoms with E-state index >= 15 is 0 Å². The van der Waals surface area contributed by atoms with Crippen LogP contribution in [-0.2, 0) is 9.53 Å². The molecule has 0 radical (unpaired) electrons. The first-order valence-electron chi connectivity index (χ1n) is 4.60. The maximum atomic E-state index is 11.5. The molecule has 2 rings (SSSR count). The Morgan fingerprint density at radius 2 is 2.31 bits per heavy atom. The van der Waals surface area contributed by atoms with Crippen LogP contribution >= 0.6 is 0 Å². The Hall–Kier alpha value is -0.890. The molecule has 2 nitrogen and oxygen atoms in total. The Balaban J connectivity index is 2.52. The molecule has 0 spiro atoms. The van der Waals surface area contributed by atoms with E-state index < -0.39 is 0 Å². The van der Waals surface area contributed by atoms with E-state index in [4.69, 9.17) is 4.74 Å². The molecule has 1 atom stereocenters. The fourth-order valence-corrected chi connectivity index (χ4v) is 2.37. The number of fused-ring (bicyclic) bond motifs is 1. The van der Waals surface area contributed by atoms with Crippen LogP contribution < -0.4 is 0 Å². The fourth-order valence-electron chi connectivity index (χ4n) is 2.37. The Bertz CT molecular complexity index is 310. The first kappa shape index (κ1) is 8.70. The third kappa shape index (κ3) is 1.09. The summed E-state index contributed by atoms with van der Waals surface area (Å²) < 4.78 is 5.63. The summed E-state index contributed by atoms with van der Waals surface area (Å²) in [6.07, 6.45) is 2.29. The van der Waals surface area contributed by atoms with E-state index in [1.54, 1.807) is 6.08 Å². The highest BCUT2D eigenvalue weighted by Gasteiger charge is 2.45. The number of allylic oxidation sites excluding steroid dienone is 2. The zero-order chi connectivity index (χ0) is 9.64. The molecule has 1 saturated heterocycles. The van der Waals surface area contributed by atoms with E-state index in [1.165, 1.54) is 0 Å². The molecule has 70 valence electrons. The molecule has 0 N–H and O–H groups in total. The Morgan fingerprint density at radius 1 is 1.62 bits per heavy atom. The second-order valence-electron chi connectivity index (χ2n) is 4.18. The molecular weight excluding hydrogens is 164 g/mol. The number of hydrogen-bond acceptors (Lipinski definition) is 2. The van der Waals surface area contributed by atoms with Crippen molar-refractivity contribution in [1.82, 2.24) is 0 Å². The third-order valence-corrected chi connectivity index (χ3v) is 2.93. The zero-order valence-electron chi connectivity index (χ0n) is 8.09. The van der Waals surface area contributed by atoms with Crippen LogP contribution in [0.25, 0.3) is 0 Å². The van der Waals surface area contributed by atoms with Gasteiger partial charge in [0.05, 0.1) is 12.2 Å². The minimum atomic E-state index is -0.264. The first-order chi connectivity index (χ1) is 6.06. The Kier molecular flexibility index (Phi) is 1.70. The van der Waals surface area contributed by atoms with Gasteiger partial charge < -0.3 is 4.74 Å². The molecule has 1 unspecified atom stereocenters. The minimum absolute atomic E-state index is 0.228. The van der Waals surface area contributed by atoms with Crippen LogP contribution in [0.5, 0.6) is 0 Å². The summed E-state index contributed by atoms with van der Waals surface area (Å²) >= 11 is 0. The lowest BCUT2D eigenvalue weighted by atomic mass is 9.91. The number of carbonyl (C=O) groups is 1. The highest BCUT2D eigenvalue weighted by atomic mass is 16.5. The van der Waals surface area contributed by atoms with E-state index in [9.17, 15) is 4.79 Å². The van der Waals surface area contributed by atoms with Crippen molar-refractivity contribution in [2.75, 3.05) is 6.61 Å². The van der Waals surface area contributed by atoms with Crippen LogP contribution in [-0.4, -0.2) is 18.0 Å². The largest absolute Gasteiger partial charge is 0.371 e. The van der Waals surface area contributed by atoms with Gasteiger partial charge in [0.1, 0.15) is 0 Å². The molecular formula is C11H14O2. The van der Waals surface area contributed by atoms with Gasteiger partial charge in [0.25, 0.3) is 0 Å². The van der Waals surface area contributed by atoms with Crippen LogP contribution in [0.15, 0.2) is 23.8 Å². The van der Waals surface area contributed by atoms with Gasteiger partial charge in [-0.25, -0.2) is 0 Å². The van der Waals surface area contributed by atoms with Crippen molar-refractivity contribution in [3.63, 3.8) is 0 Å². The number of rotatable bonds is 1. The molecule has 1 heterocycles. The van der Waals surface area contributed by atoms with Crippen molar-refractivity contribution in [2.24, 2.45) is 5.92 Å². The number of ether oxygens (including phenoxy) is 1. The molecule has 1 aliphatic heterocycles. The maximum Gasteiger partial charge on any atom is 0.163 e. The Morgan fingerprint density at radius 3 is 2.92 bits per heavy atom. The third-order valence-electron chi connectivity index (χ3n) is 2.93. The van der Waals surface area contributed by atoms with Gasteiger partial charge in [-0.1, -0.05) is 12.7 Å². The normalized spacial score (nSPS) is 30.9. The molecule has 2 aliphatic rings. The van der Waals surface area contributed by atoms with E-state index in [1.807, 2.05) is 13.8 Å². The molecule has 2 heteroatoms. The number of hydrogen-bond donors (Lipinski definition) is 0. The second-order valence-corrected chi connectivity index (χ2v) is 4.18. The topological polar surface area (TPSA) is 26.3 Å². The second kappa shape index (κ2) is 2.55. The molecule has 0 saturated carbocycles. The quantitative estimate of drug-likeness (QED) is 0.612. The molecule has 0 bridgehead atoms. The molecule has 0 aromatic carbocycles. The highest BCUT2D eigenvalue weighted by Crippen LogP contribution is 2.44. The summed E-state index contributed by atoms with van der Waals surface area (Å²) in [5.41, 5.74) is 1.69. The van der Waals surface area contributed by atoms with Crippen LogP contribution in [0.1, 0.15) is 20.3 Å². The van der Waals surface area contributed by atoms with Crippen molar-refractivity contribution in [3.8, 4) is 0 Å². The number of carbonyl (C=O) groups excluding carboxylic acids is 1. The van der Waals surface area contributed by atoms with Crippen LogP contribution in [0.3, 0.4) is 0 Å². The molecule has 13 heavy (non-hydrogen) atoms. The monoisotopic (exact) mass is 178 g/mol. The lowest BCUT2D eigenvalue weighted by molar-refractivity contribution is -0.115. The fraction of sp³-hybridized carbons (Fsp3) is 0.545. The predicted molar refractivity (Wildman–Crippen MR) is 50.4 cm³/mol. The molecule has 0 amide bonds. The summed E-state index contributed by atoms with van der Waals surface area (Å²) in [6.45, 7) is 8.41. The van der Waals surface area contributed by atoms with Crippen molar-refractivity contribution in [3.05, 3.63) is 23.8 Å². The smallest absolute Gasteiger partial charge is 0.163 e. The maximum absolute atomic E-state index is 11.5. The first-order valence-corrected chi connectivity index (χ1v) is 4.60. The molecule has 1 fully saturated rings. The van der Waals surface area contributed by atoms with Crippen LogP contribution in [0.2, 0.25) is 0 Å². The lowest BCUT2D eigenvalue weighted by Crippen LogP contribution is -2.21. The van der Waals surface area contributed by atoms with Crippen LogP contribution in [0.4, 0.5) is 0 Å². The predicted octanol–water partition coefficient (Wildman–Crippen LogP) is 1.87. The standard InChI is InChI=1S/C11H14O2/c1-4-8-9(12)5-7-6-13-11(2,3)10(7)8/h4,7H,1,5-6H2,2-3H3. The Labute approximate surface area is 78.3 Å². The van der Waals surface area contributed by atoms with E-state index in [0.29, 0.717) is 18.9 Å². The van der Waals surface area contributed by atoms with Gasteiger partial charge >= 0.3 is 0 Å². The summed E-state index contributed by atoms with van der Waals surface area (Å²) in [4.78, 5) is 11.5. The van der Waals surface area contributed by atoms with Gasteiger partial charge in [0.2, 0.25) is 0 Å². The van der Waals surface area contributed by atoms with Crippen molar-refractivity contribution >= 4 is 5.78 Å². The number of ketones is 1.